The molecule has 5 unspecified atom stereocenters. The molecule has 10 N–H and O–H groups in total. The van der Waals surface area contributed by atoms with E-state index in [1.807, 2.05) is 13.2 Å². The van der Waals surface area contributed by atoms with Crippen molar-refractivity contribution in [3.8, 4) is 0 Å². The van der Waals surface area contributed by atoms with Gasteiger partial charge in [0.25, 0.3) is 0 Å². The molecule has 0 aromatic heterocycles. The van der Waals surface area contributed by atoms with E-state index in [9.17, 15) is 24.3 Å². The largest absolute Gasteiger partial charge is 0.480 e. The van der Waals surface area contributed by atoms with E-state index in [1.54, 1.807) is 18.7 Å². The van der Waals surface area contributed by atoms with Crippen LogP contribution in [0.15, 0.2) is 4.99 Å². The Kier molecular flexibility index (Phi) is 14.9. The molecule has 0 bridgehead atoms. The van der Waals surface area contributed by atoms with Gasteiger partial charge in [-0.3, -0.25) is 19.4 Å². The number of thioether (sulfide) groups is 1. The first kappa shape index (κ1) is 30.5. The van der Waals surface area contributed by atoms with Crippen molar-refractivity contribution in [3.05, 3.63) is 0 Å². The minimum Gasteiger partial charge on any atom is -0.480 e. The van der Waals surface area contributed by atoms with Crippen LogP contribution in [0.5, 0.6) is 0 Å². The van der Waals surface area contributed by atoms with Crippen molar-refractivity contribution in [2.45, 2.75) is 70.6 Å². The second-order valence-electron chi connectivity index (χ2n) is 7.84. The van der Waals surface area contributed by atoms with Crippen molar-refractivity contribution >= 4 is 41.4 Å². The first-order chi connectivity index (χ1) is 15.4. The summed E-state index contributed by atoms with van der Waals surface area (Å²) in [7, 11) is 0. The Morgan fingerprint density at radius 3 is 2.15 bits per heavy atom. The Balaban J connectivity index is 5.02. The summed E-state index contributed by atoms with van der Waals surface area (Å²) in [5.41, 5.74) is 16.3. The molecule has 0 aliphatic rings. The van der Waals surface area contributed by atoms with Crippen LogP contribution in [0.25, 0.3) is 0 Å². The molecule has 0 saturated heterocycles. The van der Waals surface area contributed by atoms with Crippen LogP contribution in [0.1, 0.15) is 46.5 Å². The zero-order valence-electron chi connectivity index (χ0n) is 19.8. The molecule has 12 nitrogen and oxygen atoms in total. The molecule has 0 saturated carbocycles. The summed E-state index contributed by atoms with van der Waals surface area (Å²) in [5, 5.41) is 17.0. The van der Waals surface area contributed by atoms with Gasteiger partial charge in [0.2, 0.25) is 17.7 Å². The number of rotatable bonds is 16. The van der Waals surface area contributed by atoms with E-state index in [0.29, 0.717) is 25.0 Å². The maximum absolute atomic E-state index is 12.8. The summed E-state index contributed by atoms with van der Waals surface area (Å²) < 4.78 is 0. The van der Waals surface area contributed by atoms with Crippen molar-refractivity contribution in [1.82, 2.24) is 16.0 Å². The Labute approximate surface area is 199 Å². The highest BCUT2D eigenvalue weighted by atomic mass is 32.2. The second kappa shape index (κ2) is 16.1. The molecule has 0 spiro atoms. The summed E-state index contributed by atoms with van der Waals surface area (Å²) in [6.45, 7) is 5.34. The van der Waals surface area contributed by atoms with Crippen LogP contribution in [-0.4, -0.2) is 77.5 Å². The Hall–Kier alpha value is -2.54. The topological polar surface area (TPSA) is 215 Å². The van der Waals surface area contributed by atoms with Crippen LogP contribution in [0.4, 0.5) is 0 Å². The fraction of sp³-hybridized carbons (Fsp3) is 0.750. The van der Waals surface area contributed by atoms with Gasteiger partial charge in [0, 0.05) is 6.54 Å². The number of hydrogen-bond donors (Lipinski definition) is 7. The lowest BCUT2D eigenvalue weighted by atomic mass is 9.97. The molecule has 5 atom stereocenters. The number of carboxylic acid groups (broad SMARTS) is 1. The lowest BCUT2D eigenvalue weighted by molar-refractivity contribution is -0.142. The predicted octanol–water partition coefficient (Wildman–Crippen LogP) is -1.27. The van der Waals surface area contributed by atoms with Gasteiger partial charge in [0.15, 0.2) is 5.96 Å². The summed E-state index contributed by atoms with van der Waals surface area (Å²) >= 11 is 1.57. The first-order valence-corrected chi connectivity index (χ1v) is 12.3. The number of nitrogens with zero attached hydrogens (tertiary/aromatic N) is 1. The molecular formula is C20H39N7O5S. The Morgan fingerprint density at radius 2 is 1.64 bits per heavy atom. The maximum Gasteiger partial charge on any atom is 0.326 e. The first-order valence-electron chi connectivity index (χ1n) is 10.9. The minimum atomic E-state index is -1.21. The minimum absolute atomic E-state index is 0.101. The monoisotopic (exact) mass is 489 g/mol. The summed E-state index contributed by atoms with van der Waals surface area (Å²) in [5.74, 6) is -2.46. The van der Waals surface area contributed by atoms with Crippen molar-refractivity contribution in [2.24, 2.45) is 28.1 Å². The van der Waals surface area contributed by atoms with E-state index in [4.69, 9.17) is 17.2 Å². The van der Waals surface area contributed by atoms with Gasteiger partial charge in [-0.15, -0.1) is 0 Å². The summed E-state index contributed by atoms with van der Waals surface area (Å²) in [6.07, 6.45) is 3.44. The normalized spacial score (nSPS) is 15.3. The van der Waals surface area contributed by atoms with Gasteiger partial charge >= 0.3 is 5.97 Å². The molecule has 0 heterocycles. The predicted molar refractivity (Wildman–Crippen MR) is 129 cm³/mol. The Bertz CT molecular complexity index is 688. The van der Waals surface area contributed by atoms with Gasteiger partial charge in [-0.05, 0) is 44.1 Å². The molecule has 33 heavy (non-hydrogen) atoms. The number of aliphatic imine (C=N–C) groups is 1. The molecule has 13 heteroatoms. The number of hydrogen-bond acceptors (Lipinski definition) is 7. The molecule has 190 valence electrons. The van der Waals surface area contributed by atoms with Gasteiger partial charge in [-0.25, -0.2) is 4.79 Å². The smallest absolute Gasteiger partial charge is 0.326 e. The van der Waals surface area contributed by atoms with Crippen molar-refractivity contribution in [3.63, 3.8) is 0 Å². The van der Waals surface area contributed by atoms with Gasteiger partial charge in [0.05, 0.1) is 6.04 Å². The van der Waals surface area contributed by atoms with E-state index in [2.05, 4.69) is 20.9 Å². The number of carbonyl (C=O) groups is 4. The van der Waals surface area contributed by atoms with Crippen LogP contribution in [-0.2, 0) is 19.2 Å². The molecule has 0 fully saturated rings. The third kappa shape index (κ3) is 12.3. The molecule has 0 rings (SSSR count). The molecule has 0 aliphatic heterocycles. The molecule has 0 aliphatic carbocycles. The molecule has 3 amide bonds. The SMILES string of the molecule is CCC(C)C(NC(=O)C(N)CCSC)C(=O)NC(C)C(=O)NC(CCCN=C(N)N)C(=O)O. The lowest BCUT2D eigenvalue weighted by Gasteiger charge is -2.27. The van der Waals surface area contributed by atoms with E-state index >= 15 is 0 Å². The van der Waals surface area contributed by atoms with Gasteiger partial charge in [-0.1, -0.05) is 20.3 Å². The van der Waals surface area contributed by atoms with E-state index in [0.717, 1.165) is 0 Å². The fourth-order valence-electron chi connectivity index (χ4n) is 2.76. The summed E-state index contributed by atoms with van der Waals surface area (Å²) in [6, 6.07) is -3.81. The number of nitrogens with one attached hydrogen (secondary N) is 3. The van der Waals surface area contributed by atoms with Crippen LogP contribution < -0.4 is 33.2 Å². The number of nitrogens with two attached hydrogens (primary N) is 3. The molecular weight excluding hydrogens is 450 g/mol. The van der Waals surface area contributed by atoms with Gasteiger partial charge in [0.1, 0.15) is 18.1 Å². The molecule has 0 aromatic carbocycles. The zero-order chi connectivity index (χ0) is 25.6. The fourth-order valence-corrected chi connectivity index (χ4v) is 3.25. The number of amides is 3. The van der Waals surface area contributed by atoms with Crippen molar-refractivity contribution in [2.75, 3.05) is 18.6 Å². The second-order valence-corrected chi connectivity index (χ2v) is 8.82. The van der Waals surface area contributed by atoms with Crippen LogP contribution in [0.2, 0.25) is 0 Å². The standard InChI is InChI=1S/C20H39N7O5S/c1-5-11(2)15(27-17(29)13(21)8-10-33-4)18(30)25-12(3)16(28)26-14(19(31)32)7-6-9-24-20(22)23/h11-15H,5-10,21H2,1-4H3,(H,25,30)(H,26,28)(H,27,29)(H,31,32)(H4,22,23,24). The quantitative estimate of drug-likeness (QED) is 0.0779. The average molecular weight is 490 g/mol. The average Bonchev–Trinajstić information content (AvgIpc) is 2.76. The Morgan fingerprint density at radius 1 is 1.00 bits per heavy atom. The van der Waals surface area contributed by atoms with Crippen molar-refractivity contribution in [1.29, 1.82) is 0 Å². The highest BCUT2D eigenvalue weighted by Gasteiger charge is 2.30. The third-order valence-electron chi connectivity index (χ3n) is 5.07. The van der Waals surface area contributed by atoms with Crippen LogP contribution in [0.3, 0.4) is 0 Å². The lowest BCUT2D eigenvalue weighted by Crippen LogP contribution is -2.58. The van der Waals surface area contributed by atoms with Crippen LogP contribution >= 0.6 is 11.8 Å². The van der Waals surface area contributed by atoms with E-state index in [-0.39, 0.29) is 24.8 Å². The third-order valence-corrected chi connectivity index (χ3v) is 5.72. The number of aliphatic carboxylic acids is 1. The zero-order valence-corrected chi connectivity index (χ0v) is 20.6. The van der Waals surface area contributed by atoms with Crippen LogP contribution in [0, 0.1) is 5.92 Å². The maximum atomic E-state index is 12.8. The van der Waals surface area contributed by atoms with Crippen molar-refractivity contribution < 1.29 is 24.3 Å². The van der Waals surface area contributed by atoms with Gasteiger partial charge < -0.3 is 38.3 Å². The highest BCUT2D eigenvalue weighted by Crippen LogP contribution is 2.10. The van der Waals surface area contributed by atoms with E-state index < -0.39 is 47.9 Å². The van der Waals surface area contributed by atoms with E-state index in [1.165, 1.54) is 6.92 Å². The number of carboxylic acids is 1. The molecule has 0 radical (unpaired) electrons. The number of guanidine groups is 1. The molecule has 0 aromatic rings. The highest BCUT2D eigenvalue weighted by molar-refractivity contribution is 7.98. The van der Waals surface area contributed by atoms with Gasteiger partial charge in [-0.2, -0.15) is 11.8 Å². The number of carbonyl (C=O) groups excluding carboxylic acids is 3. The summed E-state index contributed by atoms with van der Waals surface area (Å²) in [4.78, 5) is 52.9.